The van der Waals surface area contributed by atoms with Crippen LogP contribution in [0.2, 0.25) is 0 Å². The predicted octanol–water partition coefficient (Wildman–Crippen LogP) is 4.81. The van der Waals surface area contributed by atoms with E-state index in [9.17, 15) is 34.8 Å². The Morgan fingerprint density at radius 1 is 1.12 bits per heavy atom. The van der Waals surface area contributed by atoms with Crippen molar-refractivity contribution >= 4 is 52.9 Å². The SMILES string of the molecule is Cc1cc(C[C@H](NS(=O)(=O)c2ccc(Br)c(C(F)(F)F)c2)c2nc3ccccc3[nH]2)ccc1[C@@H]1CC(=O)NS1(=O)=O. The van der Waals surface area contributed by atoms with Crippen molar-refractivity contribution in [3.8, 4) is 0 Å². The van der Waals surface area contributed by atoms with Crippen LogP contribution in [0, 0.1) is 6.92 Å². The molecular weight excluding hydrogens is 649 g/mol. The molecule has 0 saturated carbocycles. The van der Waals surface area contributed by atoms with Gasteiger partial charge in [0.15, 0.2) is 0 Å². The molecule has 15 heteroatoms. The van der Waals surface area contributed by atoms with E-state index in [1.165, 1.54) is 0 Å². The first-order valence-electron chi connectivity index (χ1n) is 12.1. The fourth-order valence-corrected chi connectivity index (χ4v) is 7.97. The average molecular weight is 672 g/mol. The lowest BCUT2D eigenvalue weighted by molar-refractivity contribution is -0.138. The molecule has 3 N–H and O–H groups in total. The van der Waals surface area contributed by atoms with Crippen molar-refractivity contribution in [3.63, 3.8) is 0 Å². The molecule has 1 aliphatic heterocycles. The molecule has 216 valence electrons. The first-order chi connectivity index (χ1) is 19.1. The Labute approximate surface area is 241 Å². The van der Waals surface area contributed by atoms with Crippen LogP contribution in [0.4, 0.5) is 13.2 Å². The number of benzene rings is 3. The van der Waals surface area contributed by atoms with Gasteiger partial charge in [-0.3, -0.25) is 9.52 Å². The van der Waals surface area contributed by atoms with Crippen LogP contribution in [-0.4, -0.2) is 32.7 Å². The topological polar surface area (TPSA) is 138 Å². The van der Waals surface area contributed by atoms with Crippen LogP contribution in [-0.2, 0) is 37.4 Å². The van der Waals surface area contributed by atoms with Crippen molar-refractivity contribution < 1.29 is 34.8 Å². The van der Waals surface area contributed by atoms with Crippen molar-refractivity contribution in [2.45, 2.75) is 42.1 Å². The van der Waals surface area contributed by atoms with E-state index in [4.69, 9.17) is 0 Å². The van der Waals surface area contributed by atoms with Crippen LogP contribution in [0.5, 0.6) is 0 Å². The van der Waals surface area contributed by atoms with E-state index in [0.717, 1.165) is 12.1 Å². The molecule has 0 radical (unpaired) electrons. The summed E-state index contributed by atoms with van der Waals surface area (Å²) in [7, 11) is -8.34. The van der Waals surface area contributed by atoms with Gasteiger partial charge in [-0.2, -0.15) is 13.2 Å². The second kappa shape index (κ2) is 10.5. The van der Waals surface area contributed by atoms with Gasteiger partial charge in [-0.15, -0.1) is 0 Å². The lowest BCUT2D eigenvalue weighted by atomic mass is 9.97. The summed E-state index contributed by atoms with van der Waals surface area (Å²) in [5, 5.41) is -1.05. The number of para-hydroxylation sites is 2. The largest absolute Gasteiger partial charge is 0.417 e. The number of nitrogens with one attached hydrogen (secondary N) is 3. The number of aryl methyl sites for hydroxylation is 1. The van der Waals surface area contributed by atoms with E-state index in [1.54, 1.807) is 49.4 Å². The van der Waals surface area contributed by atoms with E-state index in [2.05, 4.69) is 30.6 Å². The Kier molecular flexibility index (Phi) is 7.51. The molecule has 1 saturated heterocycles. The smallest absolute Gasteiger partial charge is 0.341 e. The number of hydrogen-bond acceptors (Lipinski definition) is 6. The zero-order valence-electron chi connectivity index (χ0n) is 21.2. The summed E-state index contributed by atoms with van der Waals surface area (Å²) < 4.78 is 96.1. The minimum atomic E-state index is -4.78. The molecule has 3 aromatic carbocycles. The van der Waals surface area contributed by atoms with E-state index in [1.807, 2.05) is 4.72 Å². The summed E-state index contributed by atoms with van der Waals surface area (Å²) in [6.07, 6.45) is -4.97. The Balaban J connectivity index is 1.51. The van der Waals surface area contributed by atoms with Gasteiger partial charge in [0.1, 0.15) is 11.1 Å². The first kappa shape index (κ1) is 29.2. The lowest BCUT2D eigenvalue weighted by Gasteiger charge is -2.19. The third-order valence-corrected chi connectivity index (χ3v) is 10.6. The molecule has 0 unspecified atom stereocenters. The maximum absolute atomic E-state index is 13.5. The third-order valence-electron chi connectivity index (χ3n) is 6.71. The predicted molar refractivity (Wildman–Crippen MR) is 148 cm³/mol. The number of carbonyl (C=O) groups is 1. The molecule has 9 nitrogen and oxygen atoms in total. The number of imidazole rings is 1. The fraction of sp³-hybridized carbons (Fsp3) is 0.231. The number of alkyl halides is 3. The minimum absolute atomic E-state index is 0.0252. The molecule has 5 rings (SSSR count). The number of nitrogens with zero attached hydrogens (tertiary/aromatic N) is 1. The molecule has 2 heterocycles. The molecule has 1 aromatic heterocycles. The molecular formula is C26H22BrF3N4O5S2. The highest BCUT2D eigenvalue weighted by molar-refractivity contribution is 9.10. The number of aromatic amines is 1. The third kappa shape index (κ3) is 6.03. The molecule has 0 bridgehead atoms. The molecule has 2 atom stereocenters. The van der Waals surface area contributed by atoms with Crippen molar-refractivity contribution in [2.75, 3.05) is 0 Å². The average Bonchev–Trinajstić information content (AvgIpc) is 3.42. The van der Waals surface area contributed by atoms with Crippen LogP contribution in [0.25, 0.3) is 11.0 Å². The second-order valence-electron chi connectivity index (χ2n) is 9.61. The van der Waals surface area contributed by atoms with Gasteiger partial charge >= 0.3 is 6.18 Å². The van der Waals surface area contributed by atoms with Gasteiger partial charge in [-0.1, -0.05) is 46.3 Å². The highest BCUT2D eigenvalue weighted by atomic mass is 79.9. The van der Waals surface area contributed by atoms with E-state index in [0.29, 0.717) is 33.8 Å². The van der Waals surface area contributed by atoms with Crippen LogP contribution >= 0.6 is 15.9 Å². The van der Waals surface area contributed by atoms with Gasteiger partial charge in [0, 0.05) is 4.47 Å². The number of aromatic nitrogens is 2. The summed E-state index contributed by atoms with van der Waals surface area (Å²) in [6, 6.07) is 13.5. The summed E-state index contributed by atoms with van der Waals surface area (Å²) >= 11 is 2.82. The monoisotopic (exact) mass is 670 g/mol. The van der Waals surface area contributed by atoms with E-state index < -0.39 is 53.9 Å². The minimum Gasteiger partial charge on any atom is -0.341 e. The maximum Gasteiger partial charge on any atom is 0.417 e. The molecule has 1 fully saturated rings. The Morgan fingerprint density at radius 2 is 1.85 bits per heavy atom. The summed E-state index contributed by atoms with van der Waals surface area (Å²) in [5.74, 6) is -0.364. The normalized spacial score (nSPS) is 18.0. The standard InChI is InChI=1S/C26H22BrF3N4O5S2/c1-14-10-15(6-8-17(14)23-13-24(35)34-41(23,38)39)11-22(25-31-20-4-2-3-5-21(20)32-25)33-40(36,37)16-7-9-19(27)18(12-16)26(28,29)30/h2-10,12,22-23,33H,11,13H2,1H3,(H,31,32)(H,34,35)/t22-,23-/m0/s1. The van der Waals surface area contributed by atoms with Crippen molar-refractivity contribution in [2.24, 2.45) is 0 Å². The zero-order chi connectivity index (χ0) is 29.7. The lowest BCUT2D eigenvalue weighted by Crippen LogP contribution is -2.31. The van der Waals surface area contributed by atoms with Gasteiger partial charge in [0.2, 0.25) is 26.0 Å². The number of fused-ring (bicyclic) bond motifs is 1. The van der Waals surface area contributed by atoms with Crippen molar-refractivity contribution in [3.05, 3.63) is 93.2 Å². The van der Waals surface area contributed by atoms with Crippen LogP contribution < -0.4 is 9.44 Å². The van der Waals surface area contributed by atoms with Crippen LogP contribution in [0.15, 0.2) is 70.0 Å². The number of carbonyl (C=O) groups excluding carboxylic acids is 1. The van der Waals surface area contributed by atoms with Crippen LogP contribution in [0.1, 0.15) is 45.8 Å². The van der Waals surface area contributed by atoms with Crippen LogP contribution in [0.3, 0.4) is 0 Å². The molecule has 1 amide bonds. The number of sulfonamides is 2. The second-order valence-corrected chi connectivity index (χ2v) is 14.0. The Hall–Kier alpha value is -3.27. The van der Waals surface area contributed by atoms with Gasteiger partial charge in [0.05, 0.1) is 34.0 Å². The highest BCUT2D eigenvalue weighted by Gasteiger charge is 2.39. The van der Waals surface area contributed by atoms with Crippen molar-refractivity contribution in [1.29, 1.82) is 0 Å². The molecule has 0 aliphatic carbocycles. The summed E-state index contributed by atoms with van der Waals surface area (Å²) in [5.41, 5.74) is 1.65. The Morgan fingerprint density at radius 3 is 2.49 bits per heavy atom. The number of H-pyrrole nitrogens is 1. The quantitative estimate of drug-likeness (QED) is 0.258. The summed E-state index contributed by atoms with van der Waals surface area (Å²) in [6.45, 7) is 1.68. The molecule has 41 heavy (non-hydrogen) atoms. The van der Waals surface area contributed by atoms with Crippen molar-refractivity contribution in [1.82, 2.24) is 19.4 Å². The van der Waals surface area contributed by atoms with E-state index in [-0.39, 0.29) is 23.1 Å². The number of rotatable bonds is 7. The fourth-order valence-electron chi connectivity index (χ4n) is 4.76. The number of hydrogen-bond donors (Lipinski definition) is 3. The highest BCUT2D eigenvalue weighted by Crippen LogP contribution is 2.37. The first-order valence-corrected chi connectivity index (χ1v) is 15.9. The zero-order valence-corrected chi connectivity index (χ0v) is 24.4. The van der Waals surface area contributed by atoms with Gasteiger partial charge in [-0.25, -0.2) is 26.5 Å². The maximum atomic E-state index is 13.5. The molecule has 0 spiro atoms. The molecule has 1 aliphatic rings. The number of amides is 1. The van der Waals surface area contributed by atoms with Gasteiger partial charge in [0.25, 0.3) is 0 Å². The van der Waals surface area contributed by atoms with Gasteiger partial charge < -0.3 is 4.98 Å². The Bertz CT molecular complexity index is 1860. The number of halogens is 4. The van der Waals surface area contributed by atoms with E-state index >= 15 is 0 Å². The summed E-state index contributed by atoms with van der Waals surface area (Å²) in [4.78, 5) is 18.7. The molecule has 4 aromatic rings. The van der Waals surface area contributed by atoms with Gasteiger partial charge in [-0.05, 0) is 60.4 Å².